The van der Waals surface area contributed by atoms with E-state index < -0.39 is 0 Å². The third-order valence-corrected chi connectivity index (χ3v) is 3.19. The Morgan fingerprint density at radius 1 is 1.15 bits per heavy atom. The second kappa shape index (κ2) is 6.23. The number of ether oxygens (including phenoxy) is 2. The fourth-order valence-electron chi connectivity index (χ4n) is 2.27. The van der Waals surface area contributed by atoms with Gasteiger partial charge in [0.2, 0.25) is 0 Å². The lowest BCUT2D eigenvalue weighted by Crippen LogP contribution is -2.03. The Labute approximate surface area is 119 Å². The second-order valence-corrected chi connectivity index (χ2v) is 4.19. The fourth-order valence-corrected chi connectivity index (χ4v) is 2.27. The molecule has 0 aliphatic carbocycles. The van der Waals surface area contributed by atoms with Gasteiger partial charge in [0.05, 0.1) is 19.9 Å². The maximum absolute atomic E-state index is 5.49. The van der Waals surface area contributed by atoms with Crippen molar-refractivity contribution in [2.24, 2.45) is 0 Å². The molecule has 1 N–H and O–H groups in total. The molecule has 5 heteroatoms. The Balaban J connectivity index is 2.68. The molecule has 0 unspecified atom stereocenters. The van der Waals surface area contributed by atoms with Crippen LogP contribution < -0.4 is 14.8 Å². The van der Waals surface area contributed by atoms with Gasteiger partial charge in [0.1, 0.15) is 12.1 Å². The normalized spacial score (nSPS) is 10.2. The van der Waals surface area contributed by atoms with Crippen LogP contribution in [0.1, 0.15) is 12.5 Å². The minimum atomic E-state index is 0.686. The molecule has 20 heavy (non-hydrogen) atoms. The van der Waals surface area contributed by atoms with Gasteiger partial charge >= 0.3 is 0 Å². The van der Waals surface area contributed by atoms with Crippen LogP contribution in [0.25, 0.3) is 11.3 Å². The van der Waals surface area contributed by atoms with E-state index in [-0.39, 0.29) is 0 Å². The molecule has 0 aliphatic rings. The predicted molar refractivity (Wildman–Crippen MR) is 79.5 cm³/mol. The molecular formula is C15H19N3O2. The number of hydrogen-bond acceptors (Lipinski definition) is 5. The molecular weight excluding hydrogens is 254 g/mol. The van der Waals surface area contributed by atoms with E-state index in [0.717, 1.165) is 29.1 Å². The van der Waals surface area contributed by atoms with Crippen molar-refractivity contribution >= 4 is 5.82 Å². The van der Waals surface area contributed by atoms with E-state index in [4.69, 9.17) is 9.47 Å². The molecule has 0 bridgehead atoms. The quantitative estimate of drug-likeness (QED) is 0.907. The van der Waals surface area contributed by atoms with Crippen molar-refractivity contribution in [3.8, 4) is 22.8 Å². The van der Waals surface area contributed by atoms with Crippen molar-refractivity contribution in [1.29, 1.82) is 0 Å². The van der Waals surface area contributed by atoms with Gasteiger partial charge in [0.25, 0.3) is 0 Å². The van der Waals surface area contributed by atoms with E-state index in [2.05, 4.69) is 22.2 Å². The summed E-state index contributed by atoms with van der Waals surface area (Å²) in [4.78, 5) is 8.68. The number of aromatic nitrogens is 2. The molecule has 5 nitrogen and oxygen atoms in total. The molecule has 1 aromatic carbocycles. The summed E-state index contributed by atoms with van der Waals surface area (Å²) in [6.45, 7) is 2.08. The number of nitrogens with one attached hydrogen (secondary N) is 1. The highest BCUT2D eigenvalue weighted by atomic mass is 16.5. The minimum Gasteiger partial charge on any atom is -0.493 e. The van der Waals surface area contributed by atoms with Crippen molar-refractivity contribution in [2.75, 3.05) is 26.6 Å². The Morgan fingerprint density at radius 3 is 2.55 bits per heavy atom. The zero-order valence-corrected chi connectivity index (χ0v) is 12.2. The van der Waals surface area contributed by atoms with E-state index in [9.17, 15) is 0 Å². The first kappa shape index (κ1) is 14.1. The molecule has 0 fully saturated rings. The summed E-state index contributed by atoms with van der Waals surface area (Å²) in [5.74, 6) is 2.21. The fraction of sp³-hybridized carbons (Fsp3) is 0.333. The number of benzene rings is 1. The van der Waals surface area contributed by atoms with Crippen LogP contribution in [0.5, 0.6) is 11.5 Å². The molecule has 0 radical (unpaired) electrons. The highest BCUT2D eigenvalue weighted by Crippen LogP contribution is 2.39. The van der Waals surface area contributed by atoms with Crippen LogP contribution in [-0.2, 0) is 6.42 Å². The zero-order chi connectivity index (χ0) is 14.5. The summed E-state index contributed by atoms with van der Waals surface area (Å²) >= 11 is 0. The van der Waals surface area contributed by atoms with Gasteiger partial charge in [-0.3, -0.25) is 0 Å². The lowest BCUT2D eigenvalue weighted by molar-refractivity contribution is 0.356. The van der Waals surface area contributed by atoms with E-state index in [1.165, 1.54) is 0 Å². The number of anilines is 1. The molecule has 0 aliphatic heterocycles. The van der Waals surface area contributed by atoms with Crippen LogP contribution in [-0.4, -0.2) is 31.2 Å². The van der Waals surface area contributed by atoms with Gasteiger partial charge in [0.15, 0.2) is 11.5 Å². The van der Waals surface area contributed by atoms with Crippen LogP contribution in [0.15, 0.2) is 24.5 Å². The lowest BCUT2D eigenvalue weighted by atomic mass is 10.0. The maximum atomic E-state index is 5.49. The third kappa shape index (κ3) is 2.39. The van der Waals surface area contributed by atoms with Crippen molar-refractivity contribution in [2.45, 2.75) is 13.3 Å². The number of hydrogen-bond donors (Lipinski definition) is 1. The first-order valence-electron chi connectivity index (χ1n) is 6.49. The smallest absolute Gasteiger partial charge is 0.170 e. The molecule has 2 rings (SSSR count). The topological polar surface area (TPSA) is 56.3 Å². The number of nitrogens with zero attached hydrogens (tertiary/aromatic N) is 2. The van der Waals surface area contributed by atoms with E-state index in [1.807, 2.05) is 25.2 Å². The van der Waals surface area contributed by atoms with Gasteiger partial charge in [-0.1, -0.05) is 13.0 Å². The Kier molecular flexibility index (Phi) is 4.40. The summed E-state index contributed by atoms with van der Waals surface area (Å²) in [7, 11) is 5.11. The Hall–Kier alpha value is -2.30. The largest absolute Gasteiger partial charge is 0.493 e. The Bertz CT molecular complexity index is 546. The molecule has 0 amide bonds. The number of para-hydroxylation sites is 1. The van der Waals surface area contributed by atoms with E-state index in [1.54, 1.807) is 20.5 Å². The molecule has 2 aromatic rings. The van der Waals surface area contributed by atoms with Gasteiger partial charge in [-0.2, -0.15) is 0 Å². The maximum Gasteiger partial charge on any atom is 0.170 e. The van der Waals surface area contributed by atoms with E-state index in [0.29, 0.717) is 11.5 Å². The first-order chi connectivity index (χ1) is 9.76. The third-order valence-electron chi connectivity index (χ3n) is 3.19. The van der Waals surface area contributed by atoms with Crippen molar-refractivity contribution in [1.82, 2.24) is 9.97 Å². The van der Waals surface area contributed by atoms with Gasteiger partial charge in [-0.25, -0.2) is 9.97 Å². The van der Waals surface area contributed by atoms with E-state index >= 15 is 0 Å². The molecule has 106 valence electrons. The average molecular weight is 273 g/mol. The minimum absolute atomic E-state index is 0.686. The number of rotatable bonds is 5. The van der Waals surface area contributed by atoms with Crippen LogP contribution in [0, 0.1) is 0 Å². The van der Waals surface area contributed by atoms with Crippen LogP contribution >= 0.6 is 0 Å². The van der Waals surface area contributed by atoms with Gasteiger partial charge in [0, 0.05) is 18.2 Å². The summed E-state index contributed by atoms with van der Waals surface area (Å²) in [6.07, 6.45) is 2.38. The highest BCUT2D eigenvalue weighted by Gasteiger charge is 2.17. The molecule has 0 spiro atoms. The van der Waals surface area contributed by atoms with Crippen LogP contribution in [0.2, 0.25) is 0 Å². The first-order valence-corrected chi connectivity index (χ1v) is 6.49. The molecule has 0 atom stereocenters. The molecule has 0 saturated heterocycles. The Morgan fingerprint density at radius 2 is 1.95 bits per heavy atom. The van der Waals surface area contributed by atoms with Crippen molar-refractivity contribution in [3.63, 3.8) is 0 Å². The van der Waals surface area contributed by atoms with Gasteiger partial charge in [-0.05, 0) is 18.6 Å². The predicted octanol–water partition coefficient (Wildman–Crippen LogP) is 2.76. The van der Waals surface area contributed by atoms with Gasteiger partial charge in [-0.15, -0.1) is 0 Å². The summed E-state index contributed by atoms with van der Waals surface area (Å²) < 4.78 is 10.8. The standard InChI is InChI=1S/C15H19N3O2/c1-5-10-13(17-9-18-15(10)16-2)11-7-6-8-12(19-3)14(11)20-4/h6-9H,5H2,1-4H3,(H,16,17,18). The average Bonchev–Trinajstić information content (AvgIpc) is 2.52. The lowest BCUT2D eigenvalue weighted by Gasteiger charge is -2.15. The van der Waals surface area contributed by atoms with Crippen LogP contribution in [0.3, 0.4) is 0 Å². The summed E-state index contributed by atoms with van der Waals surface area (Å²) in [5.41, 5.74) is 2.83. The molecule has 1 heterocycles. The number of methoxy groups -OCH3 is 2. The van der Waals surface area contributed by atoms with Crippen LogP contribution in [0.4, 0.5) is 5.82 Å². The van der Waals surface area contributed by atoms with Gasteiger partial charge < -0.3 is 14.8 Å². The monoisotopic (exact) mass is 273 g/mol. The summed E-state index contributed by atoms with van der Waals surface area (Å²) in [5, 5.41) is 3.10. The summed E-state index contributed by atoms with van der Waals surface area (Å²) in [6, 6.07) is 5.77. The molecule has 0 saturated carbocycles. The zero-order valence-electron chi connectivity index (χ0n) is 12.2. The second-order valence-electron chi connectivity index (χ2n) is 4.19. The van der Waals surface area contributed by atoms with Crippen molar-refractivity contribution in [3.05, 3.63) is 30.1 Å². The highest BCUT2D eigenvalue weighted by molar-refractivity contribution is 5.76. The van der Waals surface area contributed by atoms with Crippen molar-refractivity contribution < 1.29 is 9.47 Å². The molecule has 1 aromatic heterocycles. The SMILES string of the molecule is CCc1c(NC)ncnc1-c1cccc(OC)c1OC.